The van der Waals surface area contributed by atoms with Gasteiger partial charge in [-0.05, 0) is 59.0 Å². The Kier molecular flexibility index (Phi) is 2.91. The highest BCUT2D eigenvalue weighted by Gasteiger charge is 2.07. The van der Waals surface area contributed by atoms with Gasteiger partial charge >= 0.3 is 0 Å². The summed E-state index contributed by atoms with van der Waals surface area (Å²) in [5.74, 6) is 0.977. The Labute approximate surface area is 122 Å². The number of aromatic amines is 1. The van der Waals surface area contributed by atoms with Gasteiger partial charge in [-0.1, -0.05) is 11.6 Å². The first-order chi connectivity index (χ1) is 8.63. The first-order valence-corrected chi connectivity index (χ1v) is 6.73. The first-order valence-electron chi connectivity index (χ1n) is 5.27. The summed E-state index contributed by atoms with van der Waals surface area (Å²) in [7, 11) is 0. The van der Waals surface area contributed by atoms with Crippen molar-refractivity contribution in [3.63, 3.8) is 0 Å². The van der Waals surface area contributed by atoms with Gasteiger partial charge in [0.2, 0.25) is 0 Å². The molecular formula is C13H8ClIN2O. The van der Waals surface area contributed by atoms with E-state index in [4.69, 9.17) is 11.6 Å². The van der Waals surface area contributed by atoms with Crippen molar-refractivity contribution in [2.75, 3.05) is 0 Å². The van der Waals surface area contributed by atoms with Gasteiger partial charge in [-0.15, -0.1) is 0 Å². The number of fused-ring (bicyclic) bond motifs is 1. The van der Waals surface area contributed by atoms with E-state index in [1.54, 1.807) is 12.1 Å². The Balaban J connectivity index is 2.16. The van der Waals surface area contributed by atoms with E-state index >= 15 is 0 Å². The van der Waals surface area contributed by atoms with Crippen LogP contribution in [0.15, 0.2) is 36.4 Å². The number of phenolic OH excluding ortho intramolecular Hbond substituents is 1. The second-order valence-corrected chi connectivity index (χ2v) is 5.51. The maximum atomic E-state index is 9.71. The number of aromatic nitrogens is 2. The number of hydrogen-bond donors (Lipinski definition) is 2. The number of halogens is 2. The lowest BCUT2D eigenvalue weighted by atomic mass is 10.2. The third-order valence-corrected chi connectivity index (χ3v) is 3.81. The molecule has 2 N–H and O–H groups in total. The van der Waals surface area contributed by atoms with Crippen LogP contribution in [0.3, 0.4) is 0 Å². The van der Waals surface area contributed by atoms with Crippen LogP contribution in [0.2, 0.25) is 5.02 Å². The fourth-order valence-electron chi connectivity index (χ4n) is 1.78. The van der Waals surface area contributed by atoms with Crippen LogP contribution in [-0.2, 0) is 0 Å². The van der Waals surface area contributed by atoms with Gasteiger partial charge in [0.05, 0.1) is 14.6 Å². The van der Waals surface area contributed by atoms with Crippen molar-refractivity contribution >= 4 is 45.2 Å². The number of aromatic hydroxyl groups is 1. The maximum absolute atomic E-state index is 9.71. The predicted molar refractivity (Wildman–Crippen MR) is 80.9 cm³/mol. The van der Waals surface area contributed by atoms with E-state index in [1.165, 1.54) is 0 Å². The fourth-order valence-corrected chi connectivity index (χ4v) is 2.29. The van der Waals surface area contributed by atoms with Gasteiger partial charge in [-0.3, -0.25) is 0 Å². The van der Waals surface area contributed by atoms with E-state index in [1.807, 2.05) is 24.3 Å². The second-order valence-electron chi connectivity index (χ2n) is 3.91. The molecule has 0 radical (unpaired) electrons. The number of rotatable bonds is 1. The van der Waals surface area contributed by atoms with Crippen LogP contribution in [0.5, 0.6) is 5.75 Å². The highest BCUT2D eigenvalue weighted by atomic mass is 127. The Hall–Kier alpha value is -1.27. The zero-order valence-electron chi connectivity index (χ0n) is 9.11. The number of nitrogens with one attached hydrogen (secondary N) is 1. The third kappa shape index (κ3) is 2.06. The number of benzene rings is 2. The van der Waals surface area contributed by atoms with E-state index < -0.39 is 0 Å². The molecule has 0 amide bonds. The Morgan fingerprint density at radius 1 is 1.17 bits per heavy atom. The number of H-pyrrole nitrogens is 1. The van der Waals surface area contributed by atoms with Crippen molar-refractivity contribution in [1.29, 1.82) is 0 Å². The Morgan fingerprint density at radius 2 is 2.00 bits per heavy atom. The lowest BCUT2D eigenvalue weighted by Gasteiger charge is -1.99. The molecule has 0 atom stereocenters. The van der Waals surface area contributed by atoms with Gasteiger partial charge in [0.1, 0.15) is 11.6 Å². The lowest BCUT2D eigenvalue weighted by molar-refractivity contribution is 0.471. The molecule has 90 valence electrons. The molecule has 3 rings (SSSR count). The number of imidazole rings is 1. The van der Waals surface area contributed by atoms with Crippen LogP contribution >= 0.6 is 34.2 Å². The molecule has 3 aromatic rings. The van der Waals surface area contributed by atoms with E-state index in [0.29, 0.717) is 5.02 Å². The Bertz CT molecular complexity index is 739. The molecule has 1 heterocycles. The quantitative estimate of drug-likeness (QED) is 0.631. The molecule has 0 fully saturated rings. The smallest absolute Gasteiger partial charge is 0.138 e. The zero-order chi connectivity index (χ0) is 12.7. The van der Waals surface area contributed by atoms with Crippen LogP contribution < -0.4 is 0 Å². The summed E-state index contributed by atoms with van der Waals surface area (Å²) >= 11 is 8.01. The van der Waals surface area contributed by atoms with E-state index in [0.717, 1.165) is 26.0 Å². The SMILES string of the molecule is Oc1cc(-c2nc3ccc(Cl)cc3[nH]2)ccc1I. The second kappa shape index (κ2) is 4.44. The average Bonchev–Trinajstić information content (AvgIpc) is 2.75. The van der Waals surface area contributed by atoms with E-state index in [9.17, 15) is 5.11 Å². The summed E-state index contributed by atoms with van der Waals surface area (Å²) < 4.78 is 0.815. The molecule has 0 aliphatic carbocycles. The topological polar surface area (TPSA) is 48.9 Å². The highest BCUT2D eigenvalue weighted by molar-refractivity contribution is 14.1. The van der Waals surface area contributed by atoms with Crippen molar-refractivity contribution in [3.05, 3.63) is 45.0 Å². The standard InChI is InChI=1S/C13H8ClIN2O/c14-8-2-4-10-11(6-8)17-13(16-10)7-1-3-9(15)12(18)5-7/h1-6,18H,(H,16,17). The summed E-state index contributed by atoms with van der Waals surface area (Å²) in [6, 6.07) is 11.0. The minimum absolute atomic E-state index is 0.256. The summed E-state index contributed by atoms with van der Waals surface area (Å²) in [5.41, 5.74) is 2.59. The third-order valence-electron chi connectivity index (χ3n) is 2.66. The molecule has 0 saturated carbocycles. The average molecular weight is 371 g/mol. The summed E-state index contributed by atoms with van der Waals surface area (Å²) in [4.78, 5) is 7.66. The number of hydrogen-bond acceptors (Lipinski definition) is 2. The van der Waals surface area contributed by atoms with Crippen molar-refractivity contribution in [3.8, 4) is 17.1 Å². The van der Waals surface area contributed by atoms with Crippen molar-refractivity contribution < 1.29 is 5.11 Å². The lowest BCUT2D eigenvalue weighted by Crippen LogP contribution is -1.81. The van der Waals surface area contributed by atoms with Crippen LogP contribution in [0, 0.1) is 3.57 Å². The van der Waals surface area contributed by atoms with Gasteiger partial charge < -0.3 is 10.1 Å². The molecular weight excluding hydrogens is 363 g/mol. The van der Waals surface area contributed by atoms with Crippen molar-refractivity contribution in [2.24, 2.45) is 0 Å². The summed E-state index contributed by atoms with van der Waals surface area (Å²) in [5, 5.41) is 10.4. The molecule has 2 aromatic carbocycles. The predicted octanol–water partition coefficient (Wildman–Crippen LogP) is 4.19. The summed E-state index contributed by atoms with van der Waals surface area (Å²) in [6.45, 7) is 0. The van der Waals surface area contributed by atoms with Crippen LogP contribution in [0.4, 0.5) is 0 Å². The van der Waals surface area contributed by atoms with Crippen LogP contribution in [0.1, 0.15) is 0 Å². The maximum Gasteiger partial charge on any atom is 0.138 e. The minimum Gasteiger partial charge on any atom is -0.507 e. The van der Waals surface area contributed by atoms with Crippen LogP contribution in [0.25, 0.3) is 22.4 Å². The zero-order valence-corrected chi connectivity index (χ0v) is 12.0. The van der Waals surface area contributed by atoms with Gasteiger partial charge in [-0.2, -0.15) is 0 Å². The Morgan fingerprint density at radius 3 is 2.78 bits per heavy atom. The largest absolute Gasteiger partial charge is 0.507 e. The molecule has 0 saturated heterocycles. The molecule has 3 nitrogen and oxygen atoms in total. The van der Waals surface area contributed by atoms with Crippen LogP contribution in [-0.4, -0.2) is 15.1 Å². The van der Waals surface area contributed by atoms with Crippen molar-refractivity contribution in [2.45, 2.75) is 0 Å². The van der Waals surface area contributed by atoms with Gasteiger partial charge in [0.25, 0.3) is 0 Å². The highest BCUT2D eigenvalue weighted by Crippen LogP contribution is 2.27. The number of phenols is 1. The van der Waals surface area contributed by atoms with Gasteiger partial charge in [0, 0.05) is 10.6 Å². The number of nitrogens with zero attached hydrogens (tertiary/aromatic N) is 1. The molecule has 0 unspecified atom stereocenters. The molecule has 0 aliphatic rings. The molecule has 1 aromatic heterocycles. The molecule has 5 heteroatoms. The van der Waals surface area contributed by atoms with Gasteiger partial charge in [-0.25, -0.2) is 4.98 Å². The normalized spacial score (nSPS) is 11.0. The van der Waals surface area contributed by atoms with E-state index in [-0.39, 0.29) is 5.75 Å². The monoisotopic (exact) mass is 370 g/mol. The molecule has 18 heavy (non-hydrogen) atoms. The molecule has 0 bridgehead atoms. The molecule has 0 aliphatic heterocycles. The first kappa shape index (κ1) is 11.8. The molecule has 0 spiro atoms. The fraction of sp³-hybridized carbons (Fsp3) is 0. The van der Waals surface area contributed by atoms with Crippen molar-refractivity contribution in [1.82, 2.24) is 9.97 Å². The minimum atomic E-state index is 0.256. The van der Waals surface area contributed by atoms with Gasteiger partial charge in [0.15, 0.2) is 0 Å². The summed E-state index contributed by atoms with van der Waals surface area (Å²) in [6.07, 6.45) is 0. The van der Waals surface area contributed by atoms with E-state index in [2.05, 4.69) is 32.6 Å².